The number of carbonyl (C=O) groups excluding carboxylic acids is 1. The van der Waals surface area contributed by atoms with Crippen molar-refractivity contribution in [3.8, 4) is 5.75 Å². The first-order valence-corrected chi connectivity index (χ1v) is 10.2. The number of nitrogens with zero attached hydrogens (tertiary/aromatic N) is 3. The van der Waals surface area contributed by atoms with E-state index >= 15 is 0 Å². The number of methoxy groups -OCH3 is 1. The van der Waals surface area contributed by atoms with Crippen molar-refractivity contribution in [2.24, 2.45) is 0 Å². The number of nitrogens with one attached hydrogen (secondary N) is 1. The number of hydrogen-bond acceptors (Lipinski definition) is 5. The third-order valence-corrected chi connectivity index (χ3v) is 6.09. The Labute approximate surface area is 172 Å². The highest BCUT2D eigenvalue weighted by Crippen LogP contribution is 2.31. The van der Waals surface area contributed by atoms with E-state index in [9.17, 15) is 4.79 Å². The van der Waals surface area contributed by atoms with Gasteiger partial charge in [-0.3, -0.25) is 0 Å². The maximum Gasteiger partial charge on any atom is 0.322 e. The average Bonchev–Trinajstić information content (AvgIpc) is 3.11. The number of benzene rings is 2. The number of rotatable bonds is 3. The van der Waals surface area contributed by atoms with E-state index in [1.807, 2.05) is 0 Å². The van der Waals surface area contributed by atoms with Crippen LogP contribution in [0.1, 0.15) is 5.56 Å². The summed E-state index contributed by atoms with van der Waals surface area (Å²) in [6.07, 6.45) is 0. The number of ether oxygens (including phenoxy) is 1. The van der Waals surface area contributed by atoms with E-state index in [0.29, 0.717) is 29.5 Å². The molecule has 0 atom stereocenters. The molecule has 1 N–H and O–H groups in total. The van der Waals surface area contributed by atoms with Gasteiger partial charge in [0.25, 0.3) is 0 Å². The van der Waals surface area contributed by atoms with Crippen LogP contribution in [0.25, 0.3) is 10.2 Å². The number of fused-ring (bicyclic) bond motifs is 1. The van der Waals surface area contributed by atoms with Gasteiger partial charge >= 0.3 is 6.03 Å². The van der Waals surface area contributed by atoms with Gasteiger partial charge in [0.1, 0.15) is 5.75 Å². The Kier molecular flexibility index (Phi) is 5.28. The van der Waals surface area contributed by atoms with Gasteiger partial charge in [0, 0.05) is 31.2 Å². The summed E-state index contributed by atoms with van der Waals surface area (Å²) in [6.45, 7) is 4.84. The van der Waals surface area contributed by atoms with Crippen LogP contribution in [-0.4, -0.2) is 49.2 Å². The molecule has 1 aliphatic rings. The van der Waals surface area contributed by atoms with E-state index in [4.69, 9.17) is 21.3 Å². The van der Waals surface area contributed by atoms with E-state index in [0.717, 1.165) is 23.7 Å². The van der Waals surface area contributed by atoms with E-state index in [2.05, 4.69) is 35.3 Å². The van der Waals surface area contributed by atoms with Crippen molar-refractivity contribution in [2.45, 2.75) is 6.92 Å². The van der Waals surface area contributed by atoms with Crippen LogP contribution in [0.15, 0.2) is 36.4 Å². The fraction of sp³-hybridized carbons (Fsp3) is 0.300. The fourth-order valence-electron chi connectivity index (χ4n) is 3.23. The first-order valence-electron chi connectivity index (χ1n) is 9.05. The molecule has 0 spiro atoms. The number of anilines is 2. The SMILES string of the molecule is COc1ccc(Cl)cc1NC(=O)N1CCN(c2nc3ccc(C)cc3s2)CC1. The van der Waals surface area contributed by atoms with Gasteiger partial charge in [-0.05, 0) is 42.8 Å². The van der Waals surface area contributed by atoms with E-state index in [1.54, 1.807) is 41.5 Å². The third kappa shape index (κ3) is 3.86. The number of hydrogen-bond donors (Lipinski definition) is 1. The van der Waals surface area contributed by atoms with Crippen molar-refractivity contribution in [2.75, 3.05) is 43.5 Å². The van der Waals surface area contributed by atoms with Gasteiger partial charge in [0.15, 0.2) is 5.13 Å². The molecule has 0 saturated carbocycles. The topological polar surface area (TPSA) is 57.7 Å². The van der Waals surface area contributed by atoms with Crippen LogP contribution in [-0.2, 0) is 0 Å². The first kappa shape index (κ1) is 18.8. The molecule has 1 fully saturated rings. The minimum absolute atomic E-state index is 0.153. The zero-order valence-corrected chi connectivity index (χ0v) is 17.3. The second-order valence-electron chi connectivity index (χ2n) is 6.72. The molecule has 28 heavy (non-hydrogen) atoms. The van der Waals surface area contributed by atoms with Crippen molar-refractivity contribution in [3.05, 3.63) is 47.0 Å². The molecule has 4 rings (SSSR count). The Morgan fingerprint density at radius 3 is 2.71 bits per heavy atom. The predicted octanol–water partition coefficient (Wildman–Crippen LogP) is 4.62. The number of halogens is 1. The summed E-state index contributed by atoms with van der Waals surface area (Å²) >= 11 is 7.74. The van der Waals surface area contributed by atoms with Crippen LogP contribution >= 0.6 is 22.9 Å². The zero-order valence-electron chi connectivity index (χ0n) is 15.7. The van der Waals surface area contributed by atoms with Gasteiger partial charge in [0.2, 0.25) is 0 Å². The van der Waals surface area contributed by atoms with Gasteiger partial charge in [-0.15, -0.1) is 0 Å². The maximum atomic E-state index is 12.7. The molecule has 0 unspecified atom stereocenters. The molecule has 2 heterocycles. The lowest BCUT2D eigenvalue weighted by atomic mass is 10.2. The third-order valence-electron chi connectivity index (χ3n) is 4.77. The van der Waals surface area contributed by atoms with Crippen LogP contribution in [0, 0.1) is 6.92 Å². The van der Waals surface area contributed by atoms with E-state index in [-0.39, 0.29) is 6.03 Å². The molecule has 1 aliphatic heterocycles. The van der Waals surface area contributed by atoms with Crippen molar-refractivity contribution < 1.29 is 9.53 Å². The maximum absolute atomic E-state index is 12.7. The largest absolute Gasteiger partial charge is 0.495 e. The Balaban J connectivity index is 1.40. The second-order valence-corrected chi connectivity index (χ2v) is 8.16. The minimum atomic E-state index is -0.153. The van der Waals surface area contributed by atoms with Gasteiger partial charge in [-0.1, -0.05) is 29.0 Å². The monoisotopic (exact) mass is 416 g/mol. The van der Waals surface area contributed by atoms with Gasteiger partial charge in [0.05, 0.1) is 23.0 Å². The molecule has 2 amide bonds. The Hall–Kier alpha value is -2.51. The number of carbonyl (C=O) groups is 1. The molecule has 0 aliphatic carbocycles. The number of aryl methyl sites for hydroxylation is 1. The molecule has 3 aromatic rings. The van der Waals surface area contributed by atoms with E-state index < -0.39 is 0 Å². The molecule has 0 bridgehead atoms. The highest BCUT2D eigenvalue weighted by Gasteiger charge is 2.24. The van der Waals surface area contributed by atoms with Crippen LogP contribution < -0.4 is 15.0 Å². The van der Waals surface area contributed by atoms with Crippen LogP contribution in [0.3, 0.4) is 0 Å². The summed E-state index contributed by atoms with van der Waals surface area (Å²) in [4.78, 5) is 21.4. The molecular weight excluding hydrogens is 396 g/mol. The number of urea groups is 1. The summed E-state index contributed by atoms with van der Waals surface area (Å²) < 4.78 is 6.49. The van der Waals surface area contributed by atoms with E-state index in [1.165, 1.54) is 10.3 Å². The van der Waals surface area contributed by atoms with Gasteiger partial charge in [-0.2, -0.15) is 0 Å². The highest BCUT2D eigenvalue weighted by atomic mass is 35.5. The van der Waals surface area contributed by atoms with Crippen LogP contribution in [0.5, 0.6) is 5.75 Å². The summed E-state index contributed by atoms with van der Waals surface area (Å²) in [6, 6.07) is 11.3. The highest BCUT2D eigenvalue weighted by molar-refractivity contribution is 7.22. The Morgan fingerprint density at radius 2 is 1.96 bits per heavy atom. The van der Waals surface area contributed by atoms with Crippen molar-refractivity contribution in [3.63, 3.8) is 0 Å². The number of piperazine rings is 1. The van der Waals surface area contributed by atoms with Crippen LogP contribution in [0.2, 0.25) is 5.02 Å². The predicted molar refractivity (Wildman–Crippen MR) is 115 cm³/mol. The number of amides is 2. The van der Waals surface area contributed by atoms with Gasteiger partial charge in [-0.25, -0.2) is 9.78 Å². The lowest BCUT2D eigenvalue weighted by molar-refractivity contribution is 0.208. The standard InChI is InChI=1S/C20H21ClN4O2S/c1-13-3-5-15-18(11-13)28-20(23-15)25-9-7-24(8-10-25)19(26)22-16-12-14(21)4-6-17(16)27-2/h3-6,11-12H,7-10H2,1-2H3,(H,22,26). The number of thiazole rings is 1. The Morgan fingerprint density at radius 1 is 1.18 bits per heavy atom. The normalized spacial score (nSPS) is 14.4. The molecule has 8 heteroatoms. The van der Waals surface area contributed by atoms with Crippen molar-refractivity contribution in [1.29, 1.82) is 0 Å². The lowest BCUT2D eigenvalue weighted by Gasteiger charge is -2.34. The van der Waals surface area contributed by atoms with Gasteiger partial charge < -0.3 is 19.9 Å². The second kappa shape index (κ2) is 7.85. The molecule has 6 nitrogen and oxygen atoms in total. The van der Waals surface area contributed by atoms with Crippen molar-refractivity contribution >= 4 is 50.0 Å². The average molecular weight is 417 g/mol. The smallest absolute Gasteiger partial charge is 0.322 e. The summed E-state index contributed by atoms with van der Waals surface area (Å²) in [5.74, 6) is 0.584. The summed E-state index contributed by atoms with van der Waals surface area (Å²) in [5, 5.41) is 4.46. The fourth-order valence-corrected chi connectivity index (χ4v) is 4.52. The summed E-state index contributed by atoms with van der Waals surface area (Å²) in [7, 11) is 1.57. The molecule has 146 valence electrons. The molecule has 2 aromatic carbocycles. The first-order chi connectivity index (χ1) is 13.5. The van der Waals surface area contributed by atoms with Crippen LogP contribution in [0.4, 0.5) is 15.6 Å². The van der Waals surface area contributed by atoms with Crippen molar-refractivity contribution in [1.82, 2.24) is 9.88 Å². The molecule has 1 saturated heterocycles. The number of aromatic nitrogens is 1. The Bertz CT molecular complexity index is 1010. The molecular formula is C20H21ClN4O2S. The molecule has 1 aromatic heterocycles. The minimum Gasteiger partial charge on any atom is -0.495 e. The quantitative estimate of drug-likeness (QED) is 0.676. The zero-order chi connectivity index (χ0) is 19.7. The lowest BCUT2D eigenvalue weighted by Crippen LogP contribution is -2.50. The molecule has 0 radical (unpaired) electrons. The summed E-state index contributed by atoms with van der Waals surface area (Å²) in [5.41, 5.74) is 2.84.